The number of benzene rings is 1. The molecule has 0 aliphatic carbocycles. The van der Waals surface area contributed by atoms with Gasteiger partial charge in [-0.25, -0.2) is 0 Å². The molecule has 2 aliphatic rings. The summed E-state index contributed by atoms with van der Waals surface area (Å²) >= 11 is 6.03. The summed E-state index contributed by atoms with van der Waals surface area (Å²) in [6.45, 7) is 2.67. The molecule has 6 nitrogen and oxygen atoms in total. The number of aliphatic hydroxyl groups is 2. The molecule has 3 N–H and O–H groups in total. The Hall–Kier alpha value is -0.150. The average Bonchev–Trinajstić information content (AvgIpc) is 3.19. The third-order valence-electron chi connectivity index (χ3n) is 5.37. The summed E-state index contributed by atoms with van der Waals surface area (Å²) in [6, 6.07) is 7.89. The number of aliphatic hydroxyl groups excluding tert-OH is 2. The molecule has 0 unspecified atom stereocenters. The zero-order valence-electron chi connectivity index (χ0n) is 16.0. The van der Waals surface area contributed by atoms with Crippen molar-refractivity contribution in [2.75, 3.05) is 33.4 Å². The van der Waals surface area contributed by atoms with E-state index >= 15 is 0 Å². The number of nitrogens with one attached hydrogen (secondary N) is 1. The Morgan fingerprint density at radius 1 is 1.32 bits per heavy atom. The highest BCUT2D eigenvalue weighted by Gasteiger charge is 2.48. The van der Waals surface area contributed by atoms with Crippen LogP contribution in [0.5, 0.6) is 0 Å². The maximum Gasteiger partial charge on any atom is 0.109 e. The van der Waals surface area contributed by atoms with E-state index in [1.54, 1.807) is 7.11 Å². The lowest BCUT2D eigenvalue weighted by atomic mass is 10.0. The lowest BCUT2D eigenvalue weighted by Crippen LogP contribution is -2.53. The average molecular weight is 458 g/mol. The zero-order chi connectivity index (χ0) is 18.5. The molecule has 3 rings (SSSR count). The van der Waals surface area contributed by atoms with Crippen LogP contribution in [0.4, 0.5) is 0 Å². The van der Waals surface area contributed by atoms with Crippen molar-refractivity contribution in [2.45, 2.75) is 49.8 Å². The monoisotopic (exact) mass is 456 g/mol. The van der Waals surface area contributed by atoms with Gasteiger partial charge < -0.3 is 25.0 Å². The van der Waals surface area contributed by atoms with Gasteiger partial charge in [0.25, 0.3) is 0 Å². The summed E-state index contributed by atoms with van der Waals surface area (Å²) in [4.78, 5) is 2.30. The Morgan fingerprint density at radius 3 is 2.79 bits per heavy atom. The first-order chi connectivity index (χ1) is 12.6. The molecule has 9 heteroatoms. The molecule has 0 bridgehead atoms. The maximum atomic E-state index is 10.7. The number of rotatable bonds is 8. The van der Waals surface area contributed by atoms with Crippen LogP contribution in [0, 0.1) is 0 Å². The van der Waals surface area contributed by atoms with Crippen LogP contribution in [0.1, 0.15) is 18.4 Å². The van der Waals surface area contributed by atoms with Crippen molar-refractivity contribution in [3.8, 4) is 0 Å². The Morgan fingerprint density at radius 2 is 2.11 bits per heavy atom. The van der Waals surface area contributed by atoms with Crippen molar-refractivity contribution in [3.63, 3.8) is 0 Å². The Kier molecular flexibility index (Phi) is 11.6. The first-order valence-electron chi connectivity index (χ1n) is 9.28. The second kappa shape index (κ2) is 12.5. The SMILES string of the molecule is COC[C@H]1CCCN1[C@@H]1[C@H](O)[C@H](CO)O[C@@H]1CNCc1cccc(Cl)c1.Cl.Cl. The van der Waals surface area contributed by atoms with E-state index in [1.807, 2.05) is 24.3 Å². The summed E-state index contributed by atoms with van der Waals surface area (Å²) in [5, 5.41) is 24.4. The van der Waals surface area contributed by atoms with Crippen LogP contribution in [0.25, 0.3) is 0 Å². The van der Waals surface area contributed by atoms with Crippen molar-refractivity contribution < 1.29 is 19.7 Å². The van der Waals surface area contributed by atoms with E-state index < -0.39 is 12.2 Å². The van der Waals surface area contributed by atoms with E-state index in [1.165, 1.54) is 0 Å². The summed E-state index contributed by atoms with van der Waals surface area (Å²) in [7, 11) is 1.71. The van der Waals surface area contributed by atoms with Crippen molar-refractivity contribution in [2.24, 2.45) is 0 Å². The topological polar surface area (TPSA) is 74.2 Å². The number of hydrogen-bond donors (Lipinski definition) is 3. The van der Waals surface area contributed by atoms with E-state index in [0.717, 1.165) is 30.0 Å². The predicted molar refractivity (Wildman–Crippen MR) is 115 cm³/mol. The van der Waals surface area contributed by atoms with Gasteiger partial charge in [0.1, 0.15) is 12.2 Å². The van der Waals surface area contributed by atoms with Gasteiger partial charge in [-0.2, -0.15) is 0 Å². The van der Waals surface area contributed by atoms with Crippen molar-refractivity contribution in [3.05, 3.63) is 34.9 Å². The van der Waals surface area contributed by atoms with E-state index in [0.29, 0.717) is 19.7 Å². The Labute approximate surface area is 184 Å². The minimum atomic E-state index is -0.699. The minimum Gasteiger partial charge on any atom is -0.394 e. The number of halogens is 3. The van der Waals surface area contributed by atoms with Crippen LogP contribution in [0.15, 0.2) is 24.3 Å². The van der Waals surface area contributed by atoms with Crippen molar-refractivity contribution in [1.82, 2.24) is 10.2 Å². The van der Waals surface area contributed by atoms with Gasteiger partial charge in [0.2, 0.25) is 0 Å². The van der Waals surface area contributed by atoms with E-state index in [9.17, 15) is 10.2 Å². The Bertz CT molecular complexity index is 584. The van der Waals surface area contributed by atoms with Crippen LogP contribution >= 0.6 is 36.4 Å². The fourth-order valence-corrected chi connectivity index (χ4v) is 4.40. The van der Waals surface area contributed by atoms with Gasteiger partial charge in [-0.1, -0.05) is 23.7 Å². The fourth-order valence-electron chi connectivity index (χ4n) is 4.18. The van der Waals surface area contributed by atoms with Crippen molar-refractivity contribution in [1.29, 1.82) is 0 Å². The van der Waals surface area contributed by atoms with Gasteiger partial charge in [0, 0.05) is 31.3 Å². The molecule has 0 spiro atoms. The smallest absolute Gasteiger partial charge is 0.109 e. The molecule has 1 aromatic carbocycles. The van der Waals surface area contributed by atoms with Gasteiger partial charge >= 0.3 is 0 Å². The van der Waals surface area contributed by atoms with E-state index in [-0.39, 0.29) is 49.6 Å². The second-order valence-corrected chi connectivity index (χ2v) is 7.56. The first kappa shape index (κ1) is 25.9. The Balaban J connectivity index is 0.00000196. The molecule has 0 amide bonds. The molecule has 0 aromatic heterocycles. The summed E-state index contributed by atoms with van der Waals surface area (Å²) < 4.78 is 11.3. The normalized spacial score (nSPS) is 30.1. The molecular weight excluding hydrogens is 427 g/mol. The largest absolute Gasteiger partial charge is 0.394 e. The number of nitrogens with zero attached hydrogens (tertiary/aromatic N) is 1. The van der Waals surface area contributed by atoms with Gasteiger partial charge in [-0.05, 0) is 37.1 Å². The molecule has 28 heavy (non-hydrogen) atoms. The van der Waals surface area contributed by atoms with Crippen LogP contribution in [-0.4, -0.2) is 78.9 Å². The standard InChI is InChI=1S/C19H29ClN2O4.2ClH/c1-25-12-15-6-3-7-22(15)18-16(26-17(11-23)19(18)24)10-21-9-13-4-2-5-14(20)8-13;;/h2,4-5,8,15-19,21,23-24H,3,6-7,9-12H2,1H3;2*1H/t15-,16-,17+,18+,19-;;/m1../s1. The summed E-state index contributed by atoms with van der Waals surface area (Å²) in [5.41, 5.74) is 1.10. The summed E-state index contributed by atoms with van der Waals surface area (Å²) in [5.74, 6) is 0. The van der Waals surface area contributed by atoms with Crippen molar-refractivity contribution >= 4 is 36.4 Å². The van der Waals surface area contributed by atoms with Gasteiger partial charge in [0.15, 0.2) is 0 Å². The quantitative estimate of drug-likeness (QED) is 0.553. The molecule has 162 valence electrons. The molecule has 5 atom stereocenters. The van der Waals surface area contributed by atoms with E-state index in [4.69, 9.17) is 21.1 Å². The predicted octanol–water partition coefficient (Wildman–Crippen LogP) is 1.87. The molecule has 2 heterocycles. The molecule has 1 aromatic rings. The number of methoxy groups -OCH3 is 1. The van der Waals surface area contributed by atoms with Gasteiger partial charge in [-0.3, -0.25) is 4.90 Å². The molecule has 2 saturated heterocycles. The third kappa shape index (κ3) is 6.17. The van der Waals surface area contributed by atoms with Crippen LogP contribution in [0.3, 0.4) is 0 Å². The highest BCUT2D eigenvalue weighted by atomic mass is 35.5. The number of ether oxygens (including phenoxy) is 2. The highest BCUT2D eigenvalue weighted by Crippen LogP contribution is 2.31. The first-order valence-corrected chi connectivity index (χ1v) is 9.66. The second-order valence-electron chi connectivity index (χ2n) is 7.13. The lowest BCUT2D eigenvalue weighted by Gasteiger charge is -2.34. The minimum absolute atomic E-state index is 0. The maximum absolute atomic E-state index is 10.7. The highest BCUT2D eigenvalue weighted by molar-refractivity contribution is 6.30. The van der Waals surface area contributed by atoms with Gasteiger partial charge in [0.05, 0.1) is 25.4 Å². The zero-order valence-corrected chi connectivity index (χ0v) is 18.4. The lowest BCUT2D eigenvalue weighted by molar-refractivity contribution is -0.0213. The molecule has 0 saturated carbocycles. The van der Waals surface area contributed by atoms with Crippen LogP contribution < -0.4 is 5.32 Å². The molecule has 2 fully saturated rings. The molecular formula is C19H31Cl3N2O4. The third-order valence-corrected chi connectivity index (χ3v) is 5.60. The fraction of sp³-hybridized carbons (Fsp3) is 0.684. The van der Waals surface area contributed by atoms with Crippen LogP contribution in [0.2, 0.25) is 5.02 Å². The number of hydrogen-bond acceptors (Lipinski definition) is 6. The molecule has 0 radical (unpaired) electrons. The molecule has 2 aliphatic heterocycles. The number of likely N-dealkylation sites (tertiary alicyclic amines) is 1. The van der Waals surface area contributed by atoms with E-state index in [2.05, 4.69) is 10.2 Å². The van der Waals surface area contributed by atoms with Crippen LogP contribution in [-0.2, 0) is 16.0 Å². The summed E-state index contributed by atoms with van der Waals surface area (Å²) in [6.07, 6.45) is 0.726. The van der Waals surface area contributed by atoms with Gasteiger partial charge in [-0.15, -0.1) is 24.8 Å².